The largest absolute Gasteiger partial charge is 0.478 e. The Morgan fingerprint density at radius 1 is 1.07 bits per heavy atom. The number of rotatable bonds is 8. The Balaban J connectivity index is 1.96. The van der Waals surface area contributed by atoms with Crippen LogP contribution in [0.5, 0.6) is 0 Å². The Bertz CT molecular complexity index is 934. The summed E-state index contributed by atoms with van der Waals surface area (Å²) in [5.41, 5.74) is 3.70. The van der Waals surface area contributed by atoms with E-state index in [0.29, 0.717) is 12.0 Å². The van der Waals surface area contributed by atoms with Crippen molar-refractivity contribution in [1.29, 1.82) is 0 Å². The van der Waals surface area contributed by atoms with E-state index in [1.165, 1.54) is 0 Å². The highest BCUT2D eigenvalue weighted by molar-refractivity contribution is 6.31. The number of benzene rings is 2. The summed E-state index contributed by atoms with van der Waals surface area (Å²) in [5.74, 6) is -0.0337. The lowest BCUT2D eigenvalue weighted by Gasteiger charge is -2.07. The van der Waals surface area contributed by atoms with Gasteiger partial charge in [-0.2, -0.15) is 0 Å². The predicted octanol–water partition coefficient (Wildman–Crippen LogP) is 5.56. The summed E-state index contributed by atoms with van der Waals surface area (Å²) in [6, 6.07) is 14.8. The van der Waals surface area contributed by atoms with E-state index < -0.39 is 5.97 Å². The molecule has 0 aliphatic rings. The molecule has 0 aliphatic carbocycles. The first-order valence-electron chi connectivity index (χ1n) is 9.24. The third-order valence-corrected chi connectivity index (χ3v) is 4.98. The van der Waals surface area contributed by atoms with Crippen molar-refractivity contribution in [3.8, 4) is 11.3 Å². The molecule has 4 nitrogen and oxygen atoms in total. The van der Waals surface area contributed by atoms with E-state index in [-0.39, 0.29) is 5.56 Å². The molecule has 3 rings (SSSR count). The number of imidazole rings is 1. The molecule has 0 aliphatic heterocycles. The van der Waals surface area contributed by atoms with E-state index in [0.717, 1.165) is 53.5 Å². The van der Waals surface area contributed by atoms with Crippen LogP contribution in [0.1, 0.15) is 47.2 Å². The van der Waals surface area contributed by atoms with Crippen molar-refractivity contribution in [2.45, 2.75) is 39.0 Å². The van der Waals surface area contributed by atoms with Crippen molar-refractivity contribution in [3.63, 3.8) is 0 Å². The molecule has 0 spiro atoms. The summed E-state index contributed by atoms with van der Waals surface area (Å²) in [5, 5.41) is 10.3. The zero-order valence-corrected chi connectivity index (χ0v) is 16.1. The minimum atomic E-state index is -0.938. The number of hydrogen-bond donors (Lipinski definition) is 2. The molecule has 3 aromatic rings. The number of unbranched alkanes of at least 4 members (excludes halogenated alkanes) is 1. The molecule has 0 saturated heterocycles. The number of hydrogen-bond acceptors (Lipinski definition) is 2. The first-order chi connectivity index (χ1) is 13.1. The number of carbonyl (C=O) groups is 1. The van der Waals surface area contributed by atoms with E-state index in [1.807, 2.05) is 36.4 Å². The van der Waals surface area contributed by atoms with Crippen molar-refractivity contribution >= 4 is 17.6 Å². The van der Waals surface area contributed by atoms with Gasteiger partial charge in [0.25, 0.3) is 0 Å². The van der Waals surface area contributed by atoms with Gasteiger partial charge in [0.2, 0.25) is 0 Å². The zero-order valence-electron chi connectivity index (χ0n) is 15.3. The lowest BCUT2D eigenvalue weighted by molar-refractivity contribution is 0.0697. The van der Waals surface area contributed by atoms with E-state index in [4.69, 9.17) is 16.6 Å². The molecule has 27 heavy (non-hydrogen) atoms. The van der Waals surface area contributed by atoms with Crippen LogP contribution in [-0.2, 0) is 19.3 Å². The number of aromatic carboxylic acids is 1. The lowest BCUT2D eigenvalue weighted by Crippen LogP contribution is -2.01. The van der Waals surface area contributed by atoms with E-state index in [2.05, 4.69) is 11.9 Å². The number of carboxylic acids is 1. The molecule has 140 valence electrons. The molecule has 2 aromatic carbocycles. The number of carboxylic acid groups (broad SMARTS) is 1. The first-order valence-corrected chi connectivity index (χ1v) is 9.61. The van der Waals surface area contributed by atoms with Gasteiger partial charge in [-0.3, -0.25) is 0 Å². The van der Waals surface area contributed by atoms with Crippen LogP contribution in [0.3, 0.4) is 0 Å². The molecule has 0 amide bonds. The van der Waals surface area contributed by atoms with Gasteiger partial charge in [-0.25, -0.2) is 9.78 Å². The number of aromatic amines is 1. The topological polar surface area (TPSA) is 66.0 Å². The van der Waals surface area contributed by atoms with Crippen molar-refractivity contribution in [1.82, 2.24) is 9.97 Å². The smallest absolute Gasteiger partial charge is 0.336 e. The third kappa shape index (κ3) is 4.58. The molecule has 0 radical (unpaired) electrons. The Hall–Kier alpha value is -2.59. The van der Waals surface area contributed by atoms with Crippen molar-refractivity contribution in [2.24, 2.45) is 0 Å². The van der Waals surface area contributed by atoms with Crippen molar-refractivity contribution in [3.05, 3.63) is 76.2 Å². The second-order valence-electron chi connectivity index (χ2n) is 6.55. The van der Waals surface area contributed by atoms with Crippen LogP contribution in [0.4, 0.5) is 0 Å². The van der Waals surface area contributed by atoms with Gasteiger partial charge < -0.3 is 10.1 Å². The minimum absolute atomic E-state index is 0.280. The average molecular weight is 383 g/mol. The van der Waals surface area contributed by atoms with Gasteiger partial charge in [0, 0.05) is 17.0 Å². The van der Waals surface area contributed by atoms with Crippen LogP contribution in [0.2, 0.25) is 5.02 Å². The zero-order chi connectivity index (χ0) is 19.2. The molecule has 1 aromatic heterocycles. The Morgan fingerprint density at radius 2 is 1.81 bits per heavy atom. The van der Waals surface area contributed by atoms with Crippen LogP contribution >= 0.6 is 11.6 Å². The number of aryl methyl sites for hydroxylation is 3. The summed E-state index contributed by atoms with van der Waals surface area (Å²) < 4.78 is 0. The van der Waals surface area contributed by atoms with E-state index in [9.17, 15) is 9.90 Å². The maximum Gasteiger partial charge on any atom is 0.336 e. The molecule has 0 saturated carbocycles. The van der Waals surface area contributed by atoms with Gasteiger partial charge in [0.1, 0.15) is 5.82 Å². The number of nitrogens with one attached hydrogen (secondary N) is 1. The summed E-state index contributed by atoms with van der Waals surface area (Å²) in [6.07, 6.45) is 4.41. The molecule has 0 unspecified atom stereocenters. The second kappa shape index (κ2) is 8.87. The van der Waals surface area contributed by atoms with Crippen molar-refractivity contribution < 1.29 is 9.90 Å². The van der Waals surface area contributed by atoms with Crippen LogP contribution in [0, 0.1) is 0 Å². The highest BCUT2D eigenvalue weighted by atomic mass is 35.5. The predicted molar refractivity (Wildman–Crippen MR) is 108 cm³/mol. The Labute approximate surface area is 164 Å². The fourth-order valence-corrected chi connectivity index (χ4v) is 3.40. The van der Waals surface area contributed by atoms with E-state index in [1.54, 1.807) is 12.1 Å². The summed E-state index contributed by atoms with van der Waals surface area (Å²) in [6.45, 7) is 2.14. The summed E-state index contributed by atoms with van der Waals surface area (Å²) in [7, 11) is 0. The normalized spacial score (nSPS) is 10.9. The summed E-state index contributed by atoms with van der Waals surface area (Å²) >= 11 is 6.28. The molecule has 1 heterocycles. The molecule has 0 fully saturated rings. The standard InChI is InChI=1S/C22H23ClN2O2/c1-2-3-12-20-24-19(14-13-15-8-4-7-11-18(15)23)21(25-20)16-9-5-6-10-17(16)22(26)27/h4-11H,2-3,12-14H2,1H3,(H,24,25)(H,26,27). The monoisotopic (exact) mass is 382 g/mol. The van der Waals surface area contributed by atoms with Gasteiger partial charge in [0.15, 0.2) is 0 Å². The SMILES string of the molecule is CCCCc1nc(CCc2ccccc2Cl)c(-c2ccccc2C(=O)O)[nH]1. The second-order valence-corrected chi connectivity index (χ2v) is 6.96. The quantitative estimate of drug-likeness (QED) is 0.536. The van der Waals surface area contributed by atoms with Crippen LogP contribution < -0.4 is 0 Å². The Kier molecular flexibility index (Phi) is 6.30. The average Bonchev–Trinajstić information content (AvgIpc) is 3.08. The highest BCUT2D eigenvalue weighted by Gasteiger charge is 2.18. The van der Waals surface area contributed by atoms with E-state index >= 15 is 0 Å². The number of H-pyrrole nitrogens is 1. The molecule has 0 bridgehead atoms. The van der Waals surface area contributed by atoms with Gasteiger partial charge in [-0.1, -0.05) is 61.3 Å². The molecule has 0 atom stereocenters. The lowest BCUT2D eigenvalue weighted by atomic mass is 10.0. The minimum Gasteiger partial charge on any atom is -0.478 e. The fraction of sp³-hybridized carbons (Fsp3) is 0.273. The summed E-state index contributed by atoms with van der Waals surface area (Å²) in [4.78, 5) is 19.8. The van der Waals surface area contributed by atoms with Gasteiger partial charge in [-0.15, -0.1) is 0 Å². The first kappa shape index (κ1) is 19.2. The number of halogens is 1. The maximum atomic E-state index is 11.7. The van der Waals surface area contributed by atoms with Crippen LogP contribution in [-0.4, -0.2) is 21.0 Å². The maximum absolute atomic E-state index is 11.7. The molecular formula is C22H23ClN2O2. The van der Waals surface area contributed by atoms with Gasteiger partial charge in [0.05, 0.1) is 17.0 Å². The number of nitrogens with zero attached hydrogens (tertiary/aromatic N) is 1. The highest BCUT2D eigenvalue weighted by Crippen LogP contribution is 2.28. The molecular weight excluding hydrogens is 360 g/mol. The van der Waals surface area contributed by atoms with Gasteiger partial charge in [-0.05, 0) is 37.0 Å². The van der Waals surface area contributed by atoms with Crippen LogP contribution in [0.15, 0.2) is 48.5 Å². The Morgan fingerprint density at radius 3 is 2.56 bits per heavy atom. The molecule has 2 N–H and O–H groups in total. The van der Waals surface area contributed by atoms with Crippen molar-refractivity contribution in [2.75, 3.05) is 0 Å². The molecule has 5 heteroatoms. The number of aromatic nitrogens is 2. The third-order valence-electron chi connectivity index (χ3n) is 4.61. The fourth-order valence-electron chi connectivity index (χ4n) is 3.17. The van der Waals surface area contributed by atoms with Gasteiger partial charge >= 0.3 is 5.97 Å². The van der Waals surface area contributed by atoms with Crippen LogP contribution in [0.25, 0.3) is 11.3 Å².